The van der Waals surface area contributed by atoms with Crippen molar-refractivity contribution in [1.29, 1.82) is 0 Å². The largest absolute Gasteiger partial charge is 0.491 e. The Morgan fingerprint density at radius 3 is 2.34 bits per heavy atom. The van der Waals surface area contributed by atoms with Gasteiger partial charge in [-0.25, -0.2) is 16.8 Å². The molecule has 1 unspecified atom stereocenters. The van der Waals surface area contributed by atoms with Gasteiger partial charge in [-0.1, -0.05) is 29.8 Å². The molecule has 1 atom stereocenters. The summed E-state index contributed by atoms with van der Waals surface area (Å²) >= 11 is 6.20. The maximum atomic E-state index is 13.1. The Hall–Kier alpha value is -1.61. The molecule has 3 rings (SSSR count). The topological polar surface area (TPSA) is 80.8 Å². The van der Waals surface area contributed by atoms with Gasteiger partial charge in [0.05, 0.1) is 22.0 Å². The second-order valence-corrected chi connectivity index (χ2v) is 11.9. The molecule has 1 aliphatic heterocycles. The molecule has 1 fully saturated rings. The van der Waals surface area contributed by atoms with E-state index < -0.39 is 25.1 Å². The Balaban J connectivity index is 1.84. The van der Waals surface area contributed by atoms with Crippen LogP contribution in [0.15, 0.2) is 53.4 Å². The van der Waals surface area contributed by atoms with Crippen molar-refractivity contribution in [2.75, 3.05) is 18.8 Å². The SMILES string of the molecule is CC(C)Oc1ccc(S(=O)(=O)N2CCC(c3ccccc3Cl)S(=O)(=O)CC2)cc1. The van der Waals surface area contributed by atoms with Crippen LogP contribution in [0, 0.1) is 0 Å². The fourth-order valence-electron chi connectivity index (χ4n) is 3.36. The van der Waals surface area contributed by atoms with E-state index in [0.717, 1.165) is 0 Å². The van der Waals surface area contributed by atoms with Crippen LogP contribution in [0.2, 0.25) is 5.02 Å². The molecule has 29 heavy (non-hydrogen) atoms. The molecule has 0 radical (unpaired) electrons. The summed E-state index contributed by atoms with van der Waals surface area (Å²) in [5.41, 5.74) is 0.517. The van der Waals surface area contributed by atoms with Gasteiger partial charge in [-0.3, -0.25) is 0 Å². The van der Waals surface area contributed by atoms with Gasteiger partial charge < -0.3 is 4.74 Å². The average molecular weight is 458 g/mol. The first-order valence-corrected chi connectivity index (χ1v) is 12.9. The molecule has 0 amide bonds. The molecule has 0 N–H and O–H groups in total. The first kappa shape index (κ1) is 22.1. The Bertz CT molecular complexity index is 1070. The van der Waals surface area contributed by atoms with Crippen LogP contribution in [-0.2, 0) is 19.9 Å². The molecule has 2 aromatic rings. The van der Waals surface area contributed by atoms with E-state index in [2.05, 4.69) is 0 Å². The molecule has 1 aliphatic rings. The van der Waals surface area contributed by atoms with E-state index in [0.29, 0.717) is 16.3 Å². The number of hydrogen-bond donors (Lipinski definition) is 0. The number of sulfone groups is 1. The Labute approximate surface area is 177 Å². The van der Waals surface area contributed by atoms with Crippen LogP contribution in [0.4, 0.5) is 0 Å². The van der Waals surface area contributed by atoms with Gasteiger partial charge in [0.1, 0.15) is 5.75 Å². The number of ether oxygens (including phenoxy) is 1. The smallest absolute Gasteiger partial charge is 0.243 e. The van der Waals surface area contributed by atoms with E-state index in [9.17, 15) is 16.8 Å². The third kappa shape index (κ3) is 4.94. The highest BCUT2D eigenvalue weighted by molar-refractivity contribution is 7.92. The molecular weight excluding hydrogens is 434 g/mol. The number of rotatable bonds is 5. The molecule has 0 aliphatic carbocycles. The minimum atomic E-state index is -3.82. The van der Waals surface area contributed by atoms with Crippen LogP contribution < -0.4 is 4.74 Å². The van der Waals surface area contributed by atoms with E-state index in [1.165, 1.54) is 16.4 Å². The lowest BCUT2D eigenvalue weighted by Gasteiger charge is -2.20. The van der Waals surface area contributed by atoms with Crippen molar-refractivity contribution in [2.45, 2.75) is 36.5 Å². The zero-order chi connectivity index (χ0) is 21.2. The van der Waals surface area contributed by atoms with Crippen LogP contribution in [0.1, 0.15) is 31.1 Å². The summed E-state index contributed by atoms with van der Waals surface area (Å²) in [5.74, 6) is 0.326. The second kappa shape index (κ2) is 8.63. The number of sulfonamides is 1. The minimum absolute atomic E-state index is 0.0185. The molecule has 1 heterocycles. The van der Waals surface area contributed by atoms with Gasteiger partial charge >= 0.3 is 0 Å². The zero-order valence-corrected chi connectivity index (χ0v) is 18.7. The number of hydrogen-bond acceptors (Lipinski definition) is 5. The van der Waals surface area contributed by atoms with Crippen LogP contribution in [0.3, 0.4) is 0 Å². The molecule has 9 heteroatoms. The van der Waals surface area contributed by atoms with Gasteiger partial charge in [0.15, 0.2) is 9.84 Å². The fourth-order valence-corrected chi connectivity index (χ4v) is 7.08. The van der Waals surface area contributed by atoms with E-state index in [1.54, 1.807) is 36.4 Å². The Morgan fingerprint density at radius 2 is 1.72 bits per heavy atom. The van der Waals surface area contributed by atoms with Crippen LogP contribution in [0.25, 0.3) is 0 Å². The summed E-state index contributed by atoms with van der Waals surface area (Å²) in [6.45, 7) is 3.78. The highest BCUT2D eigenvalue weighted by Gasteiger charge is 2.36. The van der Waals surface area contributed by atoms with Crippen LogP contribution >= 0.6 is 11.6 Å². The predicted octanol–water partition coefficient (Wildman–Crippen LogP) is 3.68. The third-order valence-corrected chi connectivity index (χ3v) is 9.15. The van der Waals surface area contributed by atoms with Gasteiger partial charge in [-0.2, -0.15) is 4.31 Å². The molecule has 0 aromatic heterocycles. The normalized spacial score (nSPS) is 20.3. The van der Waals surface area contributed by atoms with Gasteiger partial charge in [0, 0.05) is 18.1 Å². The number of nitrogens with zero attached hydrogens (tertiary/aromatic N) is 1. The quantitative estimate of drug-likeness (QED) is 0.684. The van der Waals surface area contributed by atoms with Crippen LogP contribution in [-0.4, -0.2) is 46.1 Å². The molecule has 2 aromatic carbocycles. The Morgan fingerprint density at radius 1 is 1.07 bits per heavy atom. The van der Waals surface area contributed by atoms with Gasteiger partial charge in [-0.05, 0) is 56.2 Å². The summed E-state index contributed by atoms with van der Waals surface area (Å²) in [5, 5.41) is -0.448. The van der Waals surface area contributed by atoms with Crippen molar-refractivity contribution in [2.24, 2.45) is 0 Å². The summed E-state index contributed by atoms with van der Waals surface area (Å²) in [4.78, 5) is 0.113. The van der Waals surface area contributed by atoms with Crippen molar-refractivity contribution in [1.82, 2.24) is 4.31 Å². The Kier molecular flexibility index (Phi) is 6.57. The maximum Gasteiger partial charge on any atom is 0.243 e. The average Bonchev–Trinajstić information content (AvgIpc) is 2.81. The highest BCUT2D eigenvalue weighted by atomic mass is 35.5. The van der Waals surface area contributed by atoms with E-state index in [4.69, 9.17) is 16.3 Å². The lowest BCUT2D eigenvalue weighted by Crippen LogP contribution is -2.33. The zero-order valence-electron chi connectivity index (χ0n) is 16.3. The highest BCUT2D eigenvalue weighted by Crippen LogP contribution is 2.35. The predicted molar refractivity (Wildman–Crippen MR) is 114 cm³/mol. The molecule has 6 nitrogen and oxygen atoms in total. The van der Waals surface area contributed by atoms with Crippen molar-refractivity contribution in [3.63, 3.8) is 0 Å². The summed E-state index contributed by atoms with van der Waals surface area (Å²) in [6.07, 6.45) is 0.134. The number of halogens is 1. The summed E-state index contributed by atoms with van der Waals surface area (Å²) in [7, 11) is -7.36. The lowest BCUT2D eigenvalue weighted by molar-refractivity contribution is 0.242. The van der Waals surface area contributed by atoms with Crippen molar-refractivity contribution < 1.29 is 21.6 Å². The van der Waals surface area contributed by atoms with Crippen LogP contribution in [0.5, 0.6) is 5.75 Å². The van der Waals surface area contributed by atoms with Gasteiger partial charge in [0.25, 0.3) is 0 Å². The van der Waals surface area contributed by atoms with E-state index in [1.807, 2.05) is 13.8 Å². The molecule has 0 spiro atoms. The summed E-state index contributed by atoms with van der Waals surface area (Å²) < 4.78 is 58.5. The standard InChI is InChI=1S/C20H24ClNO5S2/c1-15(2)27-16-7-9-17(10-8-16)29(25,26)22-12-11-20(28(23,24)14-13-22)18-5-3-4-6-19(18)21/h3-10,15,20H,11-14H2,1-2H3. The maximum absolute atomic E-state index is 13.1. The van der Waals surface area contributed by atoms with Crippen molar-refractivity contribution in [3.8, 4) is 5.75 Å². The molecule has 0 saturated carbocycles. The first-order valence-electron chi connectivity index (χ1n) is 9.34. The molecule has 158 valence electrons. The van der Waals surface area contributed by atoms with E-state index in [-0.39, 0.29) is 36.3 Å². The van der Waals surface area contributed by atoms with Gasteiger partial charge in [0.2, 0.25) is 10.0 Å². The monoisotopic (exact) mass is 457 g/mol. The van der Waals surface area contributed by atoms with Gasteiger partial charge in [-0.15, -0.1) is 0 Å². The summed E-state index contributed by atoms with van der Waals surface area (Å²) in [6, 6.07) is 13.0. The minimum Gasteiger partial charge on any atom is -0.491 e. The third-order valence-electron chi connectivity index (χ3n) is 4.78. The second-order valence-electron chi connectivity index (χ2n) is 7.21. The fraction of sp³-hybridized carbons (Fsp3) is 0.400. The lowest BCUT2D eigenvalue weighted by atomic mass is 10.1. The molecular formula is C20H24ClNO5S2. The van der Waals surface area contributed by atoms with Crippen molar-refractivity contribution >= 4 is 31.5 Å². The van der Waals surface area contributed by atoms with E-state index >= 15 is 0 Å². The first-order chi connectivity index (χ1) is 13.6. The number of benzene rings is 2. The molecule has 1 saturated heterocycles. The van der Waals surface area contributed by atoms with Crippen molar-refractivity contribution in [3.05, 3.63) is 59.1 Å². The molecule has 0 bridgehead atoms.